The predicted octanol–water partition coefficient (Wildman–Crippen LogP) is 19.7. The molecule has 7 aromatic carbocycles. The van der Waals surface area contributed by atoms with Crippen LogP contribution in [0.15, 0.2) is 194 Å². The zero-order chi connectivity index (χ0) is 49.4. The molecule has 0 amide bonds. The second-order valence-corrected chi connectivity index (χ2v) is 16.7. The van der Waals surface area contributed by atoms with E-state index in [0.29, 0.717) is 0 Å². The minimum absolute atomic E-state index is 0.470. The Morgan fingerprint density at radius 3 is 1.62 bits per heavy atom. The van der Waals surface area contributed by atoms with Crippen LogP contribution >= 0.6 is 0 Å². The molecule has 9 rings (SSSR count). The van der Waals surface area contributed by atoms with Crippen molar-refractivity contribution in [3.05, 3.63) is 262 Å². The molecule has 0 atom stereocenters. The second kappa shape index (κ2) is 24.5. The van der Waals surface area contributed by atoms with Gasteiger partial charge in [-0.1, -0.05) is 247 Å². The highest BCUT2D eigenvalue weighted by Gasteiger charge is 2.47. The number of rotatable bonds is 9. The molecule has 68 heavy (non-hydrogen) atoms. The average molecular weight is 893 g/mol. The zero-order valence-corrected chi connectivity index (χ0v) is 42.6. The molecule has 1 aliphatic carbocycles. The summed E-state index contributed by atoms with van der Waals surface area (Å²) in [5.41, 5.74) is 19.3. The van der Waals surface area contributed by atoms with E-state index >= 15 is 0 Å². The summed E-state index contributed by atoms with van der Waals surface area (Å²) in [6, 6.07) is 55.1. The minimum Gasteiger partial charge on any atom is -0.465 e. The van der Waals surface area contributed by atoms with Gasteiger partial charge >= 0.3 is 0 Å². The van der Waals surface area contributed by atoms with Crippen molar-refractivity contribution in [1.29, 1.82) is 0 Å². The molecule has 1 heteroatoms. The maximum Gasteiger partial charge on any atom is 0.109 e. The number of furan rings is 1. The van der Waals surface area contributed by atoms with Crippen LogP contribution in [-0.4, -0.2) is 0 Å². The van der Waals surface area contributed by atoms with Gasteiger partial charge in [-0.25, -0.2) is 0 Å². The van der Waals surface area contributed by atoms with E-state index in [-0.39, 0.29) is 0 Å². The Labute approximate surface area is 409 Å². The first-order chi connectivity index (χ1) is 33.1. The van der Waals surface area contributed by atoms with Gasteiger partial charge < -0.3 is 4.42 Å². The molecule has 0 saturated carbocycles. The third kappa shape index (κ3) is 10.8. The largest absolute Gasteiger partial charge is 0.465 e. The van der Waals surface area contributed by atoms with Gasteiger partial charge in [-0.05, 0) is 132 Å². The lowest BCUT2D eigenvalue weighted by atomic mass is 9.67. The smallest absolute Gasteiger partial charge is 0.109 e. The van der Waals surface area contributed by atoms with Crippen LogP contribution < -0.4 is 0 Å². The van der Waals surface area contributed by atoms with Gasteiger partial charge in [0.25, 0.3) is 0 Å². The summed E-state index contributed by atoms with van der Waals surface area (Å²) in [4.78, 5) is 0. The van der Waals surface area contributed by atoms with E-state index in [9.17, 15) is 0 Å². The van der Waals surface area contributed by atoms with Crippen molar-refractivity contribution in [3.63, 3.8) is 0 Å². The van der Waals surface area contributed by atoms with Crippen molar-refractivity contribution >= 4 is 34.6 Å². The van der Waals surface area contributed by atoms with Crippen LogP contribution in [0.4, 0.5) is 0 Å². The highest BCUT2D eigenvalue weighted by atomic mass is 16.3. The van der Waals surface area contributed by atoms with E-state index < -0.39 is 5.41 Å². The molecule has 1 aliphatic rings. The van der Waals surface area contributed by atoms with E-state index in [1.54, 1.807) is 6.08 Å². The summed E-state index contributed by atoms with van der Waals surface area (Å²) in [6.07, 6.45) is 13.1. The quantitative estimate of drug-likeness (QED) is 0.132. The van der Waals surface area contributed by atoms with Crippen molar-refractivity contribution in [2.45, 2.75) is 88.0 Å². The first-order valence-corrected chi connectivity index (χ1v) is 24.3. The third-order valence-electron chi connectivity index (χ3n) is 12.4. The topological polar surface area (TPSA) is 13.1 Å². The molecule has 1 aromatic heterocycles. The Morgan fingerprint density at radius 2 is 1.07 bits per heavy atom. The molecular formula is C67H72O. The molecule has 0 bridgehead atoms. The molecule has 1 heterocycles. The van der Waals surface area contributed by atoms with E-state index in [2.05, 4.69) is 218 Å². The number of hydrogen-bond donors (Lipinski definition) is 0. The van der Waals surface area contributed by atoms with E-state index in [1.165, 1.54) is 88.7 Å². The summed E-state index contributed by atoms with van der Waals surface area (Å²) < 4.78 is 5.68. The molecule has 0 aliphatic heterocycles. The molecule has 0 radical (unpaired) electrons. The van der Waals surface area contributed by atoms with E-state index in [4.69, 9.17) is 4.42 Å². The molecular weight excluding hydrogens is 821 g/mol. The van der Waals surface area contributed by atoms with Gasteiger partial charge in [0, 0.05) is 11.1 Å². The van der Waals surface area contributed by atoms with Crippen molar-refractivity contribution < 1.29 is 4.42 Å². The summed E-state index contributed by atoms with van der Waals surface area (Å²) in [5.74, 6) is 1.96. The highest BCUT2D eigenvalue weighted by Crippen LogP contribution is 2.59. The molecule has 8 aromatic rings. The lowest BCUT2D eigenvalue weighted by Gasteiger charge is -2.34. The van der Waals surface area contributed by atoms with Crippen LogP contribution in [-0.2, 0) is 5.41 Å². The highest BCUT2D eigenvalue weighted by molar-refractivity contribution is 5.99. The SMILES string of the molecule is C=C/C=C\c1c(C)oc(C)c1/C(C)=C\CC.C=Cc1c(-c2ccc3ccccc3c2)cc2c(c1C=C)-c1ccc(C)cc1C2(c1ccccc1)c1ccccc1.CC.CC.Cc1ccc(C)cc1. The molecule has 0 saturated heterocycles. The van der Waals surface area contributed by atoms with Crippen molar-refractivity contribution in [2.75, 3.05) is 0 Å². The lowest BCUT2D eigenvalue weighted by molar-refractivity contribution is 0.503. The zero-order valence-electron chi connectivity index (χ0n) is 42.6. The number of hydrogen-bond acceptors (Lipinski definition) is 1. The van der Waals surface area contributed by atoms with Gasteiger partial charge in [0.1, 0.15) is 11.5 Å². The van der Waals surface area contributed by atoms with Crippen molar-refractivity contribution in [1.82, 2.24) is 0 Å². The molecule has 0 fully saturated rings. The maximum absolute atomic E-state index is 5.68. The summed E-state index contributed by atoms with van der Waals surface area (Å²) >= 11 is 0. The maximum atomic E-state index is 5.68. The van der Waals surface area contributed by atoms with E-state index in [0.717, 1.165) is 29.1 Å². The van der Waals surface area contributed by atoms with Gasteiger partial charge in [0.2, 0.25) is 0 Å². The summed E-state index contributed by atoms with van der Waals surface area (Å²) in [5, 5.41) is 2.47. The minimum atomic E-state index is -0.470. The number of allylic oxidation sites excluding steroid dienone is 4. The van der Waals surface area contributed by atoms with Crippen LogP contribution in [0.2, 0.25) is 0 Å². The second-order valence-electron chi connectivity index (χ2n) is 16.7. The Hall–Kier alpha value is -7.22. The first-order valence-electron chi connectivity index (χ1n) is 24.3. The van der Waals surface area contributed by atoms with Crippen molar-refractivity contribution in [2.24, 2.45) is 0 Å². The van der Waals surface area contributed by atoms with Gasteiger partial charge in [-0.2, -0.15) is 0 Å². The fourth-order valence-electron chi connectivity index (χ4n) is 9.43. The molecule has 0 N–H and O–H groups in total. The summed E-state index contributed by atoms with van der Waals surface area (Å²) in [7, 11) is 0. The van der Waals surface area contributed by atoms with Gasteiger partial charge in [0.15, 0.2) is 0 Å². The monoisotopic (exact) mass is 893 g/mol. The Morgan fingerprint density at radius 1 is 0.529 bits per heavy atom. The number of benzene rings is 7. The Kier molecular flexibility index (Phi) is 18.7. The van der Waals surface area contributed by atoms with E-state index in [1.807, 2.05) is 59.8 Å². The Balaban J connectivity index is 0.000000254. The molecule has 0 spiro atoms. The third-order valence-corrected chi connectivity index (χ3v) is 12.4. The fourth-order valence-corrected chi connectivity index (χ4v) is 9.43. The van der Waals surface area contributed by atoms with Crippen LogP contribution in [0.1, 0.15) is 121 Å². The Bertz CT molecular complexity index is 2940. The molecule has 1 nitrogen and oxygen atoms in total. The molecule has 0 unspecified atom stereocenters. The lowest BCUT2D eigenvalue weighted by Crippen LogP contribution is -2.28. The normalized spacial score (nSPS) is 11.8. The summed E-state index contributed by atoms with van der Waals surface area (Å²) in [6.45, 7) is 35.0. The van der Waals surface area contributed by atoms with Gasteiger partial charge in [-0.3, -0.25) is 0 Å². The standard InChI is InChI=1S/C40H30.C15H20O.C8H10.2C2H6/c1-4-33-34(5-2)39-35-23-20-27(3)24-37(35)40(31-16-8-6-9-17-31,32-18-10-7-11-19-32)38(39)26-36(33)30-22-21-28-14-12-13-15-29(28)25-30;1-6-8-10-14-12(4)16-13(5)15(14)11(3)9-7-2;1-7-3-5-8(2)6-4-7;2*1-2/h4-26H,1-2H2,3H3;6,8-10H,1,7H2,2-5H3;3-6H,1-2H3;2*1-2H3/b;10-8-,11-9-;;;. The van der Waals surface area contributed by atoms with Gasteiger partial charge in [0.05, 0.1) is 5.41 Å². The van der Waals surface area contributed by atoms with Gasteiger partial charge in [-0.15, -0.1) is 0 Å². The van der Waals surface area contributed by atoms with Crippen LogP contribution in [0.25, 0.3) is 56.8 Å². The first kappa shape index (κ1) is 51.8. The van der Waals surface area contributed by atoms with Crippen molar-refractivity contribution in [3.8, 4) is 22.3 Å². The van der Waals surface area contributed by atoms with Crippen LogP contribution in [0.3, 0.4) is 0 Å². The predicted molar refractivity (Wildman–Crippen MR) is 302 cm³/mol. The molecule has 346 valence electrons. The van der Waals surface area contributed by atoms with Crippen LogP contribution in [0, 0.1) is 34.6 Å². The van der Waals surface area contributed by atoms with Crippen LogP contribution in [0.5, 0.6) is 0 Å². The number of aryl methyl sites for hydroxylation is 5. The number of fused-ring (bicyclic) bond motifs is 4. The average Bonchev–Trinajstić information content (AvgIpc) is 3.84. The fraction of sp³-hybridized carbons (Fsp3) is 0.194.